The van der Waals surface area contributed by atoms with Crippen LogP contribution in [0.3, 0.4) is 0 Å². The Labute approximate surface area is 90.5 Å². The minimum Gasteiger partial charge on any atom is -0.495 e. The van der Waals surface area contributed by atoms with E-state index in [1.54, 1.807) is 7.11 Å². The molecule has 0 amide bonds. The second-order valence-corrected chi connectivity index (χ2v) is 4.18. The topological polar surface area (TPSA) is 14.2 Å². The molecule has 2 nitrogen and oxygen atoms in total. The second kappa shape index (κ2) is 3.61. The number of aromatic nitrogens is 1. The van der Waals surface area contributed by atoms with Crippen LogP contribution >= 0.6 is 0 Å². The number of fused-ring (bicyclic) bond motifs is 1. The molecule has 0 aliphatic carbocycles. The van der Waals surface area contributed by atoms with Gasteiger partial charge in [0.1, 0.15) is 5.75 Å². The molecule has 0 atom stereocenters. The number of hydrogen-bond donors (Lipinski definition) is 0. The molecule has 80 valence electrons. The number of ether oxygens (including phenoxy) is 1. The SMILES string of the molecule is COc1cccc2cc(C(C)C)n(C)c12. The zero-order valence-corrected chi connectivity index (χ0v) is 9.74. The zero-order valence-electron chi connectivity index (χ0n) is 9.74. The lowest BCUT2D eigenvalue weighted by atomic mass is 10.1. The van der Waals surface area contributed by atoms with Crippen LogP contribution in [0.5, 0.6) is 5.75 Å². The fraction of sp³-hybridized carbons (Fsp3) is 0.385. The van der Waals surface area contributed by atoms with Crippen LogP contribution in [0.1, 0.15) is 25.5 Å². The van der Waals surface area contributed by atoms with E-state index in [0.717, 1.165) is 5.75 Å². The van der Waals surface area contributed by atoms with Crippen LogP contribution in [-0.2, 0) is 7.05 Å². The molecule has 0 aliphatic rings. The van der Waals surface area contributed by atoms with Crippen molar-refractivity contribution in [2.45, 2.75) is 19.8 Å². The predicted octanol–water partition coefficient (Wildman–Crippen LogP) is 3.31. The lowest BCUT2D eigenvalue weighted by molar-refractivity contribution is 0.417. The molecule has 0 bridgehead atoms. The first-order chi connectivity index (χ1) is 7.15. The Bertz CT molecular complexity index is 482. The highest BCUT2D eigenvalue weighted by Gasteiger charge is 2.11. The highest BCUT2D eigenvalue weighted by molar-refractivity contribution is 5.87. The van der Waals surface area contributed by atoms with E-state index in [0.29, 0.717) is 5.92 Å². The van der Waals surface area contributed by atoms with E-state index >= 15 is 0 Å². The van der Waals surface area contributed by atoms with Gasteiger partial charge in [0.2, 0.25) is 0 Å². The van der Waals surface area contributed by atoms with Gasteiger partial charge in [-0.25, -0.2) is 0 Å². The van der Waals surface area contributed by atoms with E-state index in [1.807, 2.05) is 12.1 Å². The first kappa shape index (κ1) is 10.1. The van der Waals surface area contributed by atoms with Crippen molar-refractivity contribution in [3.63, 3.8) is 0 Å². The van der Waals surface area contributed by atoms with Crippen molar-refractivity contribution in [2.75, 3.05) is 7.11 Å². The van der Waals surface area contributed by atoms with E-state index in [1.165, 1.54) is 16.6 Å². The molecule has 15 heavy (non-hydrogen) atoms. The predicted molar refractivity (Wildman–Crippen MR) is 63.6 cm³/mol. The third kappa shape index (κ3) is 1.50. The molecule has 0 aliphatic heterocycles. The third-order valence-corrected chi connectivity index (χ3v) is 2.87. The van der Waals surface area contributed by atoms with Gasteiger partial charge < -0.3 is 9.30 Å². The van der Waals surface area contributed by atoms with Crippen LogP contribution in [0.15, 0.2) is 24.3 Å². The monoisotopic (exact) mass is 203 g/mol. The van der Waals surface area contributed by atoms with E-state index < -0.39 is 0 Å². The molecule has 0 fully saturated rings. The second-order valence-electron chi connectivity index (χ2n) is 4.18. The molecular formula is C13H17NO. The molecule has 1 aromatic heterocycles. The maximum atomic E-state index is 5.38. The summed E-state index contributed by atoms with van der Waals surface area (Å²) in [6.07, 6.45) is 0. The summed E-state index contributed by atoms with van der Waals surface area (Å²) in [6, 6.07) is 8.41. The summed E-state index contributed by atoms with van der Waals surface area (Å²) in [5.41, 5.74) is 2.53. The summed E-state index contributed by atoms with van der Waals surface area (Å²) in [5.74, 6) is 1.48. The fourth-order valence-corrected chi connectivity index (χ4v) is 2.12. The summed E-state index contributed by atoms with van der Waals surface area (Å²) in [7, 11) is 3.82. The minimum atomic E-state index is 0.534. The average Bonchev–Trinajstić information content (AvgIpc) is 2.56. The molecule has 1 heterocycles. The summed E-state index contributed by atoms with van der Waals surface area (Å²) in [5, 5.41) is 1.25. The summed E-state index contributed by atoms with van der Waals surface area (Å²) in [4.78, 5) is 0. The van der Waals surface area contributed by atoms with Gasteiger partial charge in [0.15, 0.2) is 0 Å². The molecular weight excluding hydrogens is 186 g/mol. The third-order valence-electron chi connectivity index (χ3n) is 2.87. The molecule has 0 spiro atoms. The molecule has 0 saturated heterocycles. The van der Waals surface area contributed by atoms with Gasteiger partial charge in [0, 0.05) is 18.1 Å². The van der Waals surface area contributed by atoms with E-state index in [2.05, 4.69) is 37.6 Å². The molecule has 2 aromatic rings. The molecule has 0 saturated carbocycles. The lowest BCUT2D eigenvalue weighted by Crippen LogP contribution is -1.98. The first-order valence-corrected chi connectivity index (χ1v) is 5.27. The van der Waals surface area contributed by atoms with Crippen molar-refractivity contribution in [3.05, 3.63) is 30.0 Å². The maximum absolute atomic E-state index is 5.38. The Balaban J connectivity index is 2.77. The molecule has 0 N–H and O–H groups in total. The number of nitrogens with zero attached hydrogens (tertiary/aromatic N) is 1. The number of benzene rings is 1. The van der Waals surface area contributed by atoms with E-state index in [9.17, 15) is 0 Å². The van der Waals surface area contributed by atoms with Crippen molar-refractivity contribution in [2.24, 2.45) is 7.05 Å². The summed E-state index contributed by atoms with van der Waals surface area (Å²) in [6.45, 7) is 4.42. The summed E-state index contributed by atoms with van der Waals surface area (Å²) < 4.78 is 7.60. The van der Waals surface area contributed by atoms with Crippen molar-refractivity contribution < 1.29 is 4.74 Å². The highest BCUT2D eigenvalue weighted by Crippen LogP contribution is 2.30. The van der Waals surface area contributed by atoms with Crippen molar-refractivity contribution in [3.8, 4) is 5.75 Å². The molecule has 0 radical (unpaired) electrons. The van der Waals surface area contributed by atoms with Crippen LogP contribution in [0, 0.1) is 0 Å². The van der Waals surface area contributed by atoms with Crippen molar-refractivity contribution in [1.82, 2.24) is 4.57 Å². The Morgan fingerprint density at radius 2 is 2.00 bits per heavy atom. The van der Waals surface area contributed by atoms with Crippen LogP contribution in [-0.4, -0.2) is 11.7 Å². The maximum Gasteiger partial charge on any atom is 0.143 e. The first-order valence-electron chi connectivity index (χ1n) is 5.27. The van der Waals surface area contributed by atoms with Crippen LogP contribution in [0.4, 0.5) is 0 Å². The zero-order chi connectivity index (χ0) is 11.0. The normalized spacial score (nSPS) is 11.3. The van der Waals surface area contributed by atoms with Gasteiger partial charge in [-0.1, -0.05) is 26.0 Å². The van der Waals surface area contributed by atoms with Gasteiger partial charge in [-0.3, -0.25) is 0 Å². The largest absolute Gasteiger partial charge is 0.495 e. The van der Waals surface area contributed by atoms with Gasteiger partial charge in [0.05, 0.1) is 12.6 Å². The Hall–Kier alpha value is -1.44. The number of aryl methyl sites for hydroxylation is 1. The van der Waals surface area contributed by atoms with Gasteiger partial charge in [-0.05, 0) is 18.1 Å². The highest BCUT2D eigenvalue weighted by atomic mass is 16.5. The number of rotatable bonds is 2. The molecule has 1 aromatic carbocycles. The Kier molecular flexibility index (Phi) is 2.43. The Morgan fingerprint density at radius 3 is 2.60 bits per heavy atom. The van der Waals surface area contributed by atoms with Crippen LogP contribution in [0.2, 0.25) is 0 Å². The fourth-order valence-electron chi connectivity index (χ4n) is 2.12. The van der Waals surface area contributed by atoms with Gasteiger partial charge in [-0.2, -0.15) is 0 Å². The van der Waals surface area contributed by atoms with Crippen LogP contribution in [0.25, 0.3) is 10.9 Å². The average molecular weight is 203 g/mol. The van der Waals surface area contributed by atoms with E-state index in [-0.39, 0.29) is 0 Å². The van der Waals surface area contributed by atoms with Crippen molar-refractivity contribution in [1.29, 1.82) is 0 Å². The van der Waals surface area contributed by atoms with Crippen molar-refractivity contribution >= 4 is 10.9 Å². The number of para-hydroxylation sites is 1. The minimum absolute atomic E-state index is 0.534. The smallest absolute Gasteiger partial charge is 0.143 e. The van der Waals surface area contributed by atoms with Crippen LogP contribution < -0.4 is 4.74 Å². The van der Waals surface area contributed by atoms with E-state index in [4.69, 9.17) is 4.74 Å². The van der Waals surface area contributed by atoms with Gasteiger partial charge in [0.25, 0.3) is 0 Å². The summed E-state index contributed by atoms with van der Waals surface area (Å²) >= 11 is 0. The quantitative estimate of drug-likeness (QED) is 0.730. The Morgan fingerprint density at radius 1 is 1.27 bits per heavy atom. The molecule has 2 heteroatoms. The number of methoxy groups -OCH3 is 1. The van der Waals surface area contributed by atoms with Gasteiger partial charge >= 0.3 is 0 Å². The number of hydrogen-bond acceptors (Lipinski definition) is 1. The lowest BCUT2D eigenvalue weighted by Gasteiger charge is -2.09. The van der Waals surface area contributed by atoms with Gasteiger partial charge in [-0.15, -0.1) is 0 Å². The molecule has 0 unspecified atom stereocenters. The molecule has 2 rings (SSSR count). The standard InChI is InChI=1S/C13H17NO/c1-9(2)11-8-10-6-5-7-12(15-4)13(10)14(11)3/h5-9H,1-4H3.